The molecule has 2 aliphatic rings. The molecule has 0 bridgehead atoms. The molecular weight excluding hydrogens is 796 g/mol. The Labute approximate surface area is 321 Å². The number of amides is 4. The second-order valence-electron chi connectivity index (χ2n) is 11.7. The zero-order valence-corrected chi connectivity index (χ0v) is 31.5. The fourth-order valence-electron chi connectivity index (χ4n) is 6.12. The molecule has 2 aliphatic heterocycles. The van der Waals surface area contributed by atoms with Crippen LogP contribution in [0.2, 0.25) is 0 Å². The smallest absolute Gasteiger partial charge is 0.331 e. The maximum atomic E-state index is 13.0. The van der Waals surface area contributed by atoms with Crippen molar-refractivity contribution in [2.75, 3.05) is 50.2 Å². The Balaban J connectivity index is 0.000000228. The van der Waals surface area contributed by atoms with E-state index in [-0.39, 0.29) is 25.3 Å². The number of methoxy groups -OCH3 is 2. The van der Waals surface area contributed by atoms with Gasteiger partial charge in [0.25, 0.3) is 0 Å². The lowest BCUT2D eigenvalue weighted by atomic mass is 9.99. The number of ketones is 1. The van der Waals surface area contributed by atoms with Gasteiger partial charge < -0.3 is 24.4 Å². The van der Waals surface area contributed by atoms with Crippen molar-refractivity contribution < 1.29 is 33.8 Å². The van der Waals surface area contributed by atoms with Gasteiger partial charge in [-0.2, -0.15) is 0 Å². The van der Waals surface area contributed by atoms with Crippen LogP contribution in [0.5, 0.6) is 11.5 Å². The molecule has 52 heavy (non-hydrogen) atoms. The minimum Gasteiger partial charge on any atom is -0.497 e. The van der Waals surface area contributed by atoms with Crippen LogP contribution in [0.25, 0.3) is 0 Å². The molecule has 2 atom stereocenters. The van der Waals surface area contributed by atoms with E-state index in [2.05, 4.69) is 31.9 Å². The molecule has 6 rings (SSSR count). The molecule has 0 aliphatic carbocycles. The third-order valence-corrected chi connectivity index (χ3v) is 9.75. The number of anilines is 2. The average Bonchev–Trinajstić information content (AvgIpc) is 3.71. The lowest BCUT2D eigenvalue weighted by Crippen LogP contribution is -2.38. The number of benzene rings is 4. The molecule has 13 heteroatoms. The van der Waals surface area contributed by atoms with Crippen LogP contribution in [0.3, 0.4) is 0 Å². The maximum Gasteiger partial charge on any atom is 0.331 e. The van der Waals surface area contributed by atoms with Crippen LogP contribution in [0.1, 0.15) is 44.0 Å². The Hall–Kier alpha value is -4.88. The Morgan fingerprint density at radius 1 is 0.673 bits per heavy atom. The van der Waals surface area contributed by atoms with Crippen LogP contribution in [0.4, 0.5) is 21.0 Å². The number of carbonyl (C=O) groups excluding carboxylic acids is 3. The highest BCUT2D eigenvalue weighted by atomic mass is 79.9. The standard InChI is InChI=1S/C20H21BrN2O3.C18H17BrN2O4.CH4/c1-3-18(24)19(14-5-4-6-17(13-14)26-2)23-12-11-22(20(23)25)16-9-7-15(21)8-10-16;1-25-15-4-2-3-12(11-15)16(17(22)23)21-10-9-20(18(21)24)14-7-5-13(19)6-8-14;/h4-10,13,19H,3,11-12H2,1-2H3;2-8,11,16H,9-10H2,1H3,(H,22,23);1H4. The van der Waals surface area contributed by atoms with E-state index in [4.69, 9.17) is 9.47 Å². The van der Waals surface area contributed by atoms with E-state index in [1.54, 1.807) is 46.1 Å². The van der Waals surface area contributed by atoms with Crippen molar-refractivity contribution in [2.45, 2.75) is 32.9 Å². The number of Topliss-reactive ketones (excluding diaryl/α,β-unsaturated/α-hetero) is 1. The van der Waals surface area contributed by atoms with Gasteiger partial charge in [0, 0.05) is 52.9 Å². The Morgan fingerprint density at radius 3 is 1.46 bits per heavy atom. The number of halogens is 2. The molecule has 0 radical (unpaired) electrons. The number of hydrogen-bond acceptors (Lipinski definition) is 6. The van der Waals surface area contributed by atoms with Crippen molar-refractivity contribution in [1.29, 1.82) is 0 Å². The summed E-state index contributed by atoms with van der Waals surface area (Å²) in [7, 11) is 3.11. The SMILES string of the molecule is C.CCC(=O)C(c1cccc(OC)c1)N1CCN(c2ccc(Br)cc2)C1=O.COc1cccc(C(C(=O)O)N2CCN(c3ccc(Br)cc3)C2=O)c1. The number of carboxylic acids is 1. The Bertz CT molecular complexity index is 1870. The summed E-state index contributed by atoms with van der Waals surface area (Å²) in [5.41, 5.74) is 2.86. The van der Waals surface area contributed by atoms with Gasteiger partial charge in [0.05, 0.1) is 14.2 Å². The highest BCUT2D eigenvalue weighted by molar-refractivity contribution is 9.10. The molecule has 2 fully saturated rings. The normalized spacial score (nSPS) is 15.0. The molecular formula is C39H42Br2N4O7. The summed E-state index contributed by atoms with van der Waals surface area (Å²) in [6, 6.07) is 27.0. The van der Waals surface area contributed by atoms with Gasteiger partial charge in [-0.3, -0.25) is 14.6 Å². The van der Waals surface area contributed by atoms with E-state index in [1.807, 2.05) is 79.7 Å². The molecule has 2 unspecified atom stereocenters. The van der Waals surface area contributed by atoms with Crippen molar-refractivity contribution in [2.24, 2.45) is 0 Å². The first-order valence-electron chi connectivity index (χ1n) is 16.3. The van der Waals surface area contributed by atoms with Gasteiger partial charge in [0.15, 0.2) is 11.8 Å². The van der Waals surface area contributed by atoms with Crippen molar-refractivity contribution in [3.05, 3.63) is 117 Å². The zero-order chi connectivity index (χ0) is 36.7. The van der Waals surface area contributed by atoms with E-state index in [1.165, 1.54) is 12.0 Å². The van der Waals surface area contributed by atoms with Gasteiger partial charge >= 0.3 is 18.0 Å². The van der Waals surface area contributed by atoms with Crippen LogP contribution in [-0.2, 0) is 9.59 Å². The third-order valence-electron chi connectivity index (χ3n) is 8.69. The number of urea groups is 2. The molecule has 0 saturated carbocycles. The third kappa shape index (κ3) is 8.94. The summed E-state index contributed by atoms with van der Waals surface area (Å²) in [6.45, 7) is 3.65. The number of hydrogen-bond donors (Lipinski definition) is 1. The van der Waals surface area contributed by atoms with E-state index >= 15 is 0 Å². The largest absolute Gasteiger partial charge is 0.497 e. The Morgan fingerprint density at radius 2 is 1.08 bits per heavy atom. The second kappa shape index (κ2) is 18.1. The molecule has 274 valence electrons. The first kappa shape index (κ1) is 39.9. The van der Waals surface area contributed by atoms with Crippen molar-refractivity contribution >= 4 is 67.0 Å². The monoisotopic (exact) mass is 836 g/mol. The van der Waals surface area contributed by atoms with Crippen LogP contribution >= 0.6 is 31.9 Å². The molecule has 4 aromatic rings. The molecule has 4 aromatic carbocycles. The number of nitrogens with zero attached hydrogens (tertiary/aromatic N) is 4. The first-order chi connectivity index (χ1) is 24.6. The van der Waals surface area contributed by atoms with Crippen molar-refractivity contribution in [1.82, 2.24) is 9.80 Å². The van der Waals surface area contributed by atoms with Gasteiger partial charge in [-0.25, -0.2) is 14.4 Å². The molecule has 11 nitrogen and oxygen atoms in total. The Kier molecular flexibility index (Phi) is 13.9. The highest BCUT2D eigenvalue weighted by Crippen LogP contribution is 2.33. The number of rotatable bonds is 11. The molecule has 2 heterocycles. The summed E-state index contributed by atoms with van der Waals surface area (Å²) in [5, 5.41) is 9.70. The maximum absolute atomic E-state index is 13.0. The number of carboxylic acid groups (broad SMARTS) is 1. The molecule has 2 saturated heterocycles. The summed E-state index contributed by atoms with van der Waals surface area (Å²) >= 11 is 6.77. The molecule has 0 spiro atoms. The predicted octanol–water partition coefficient (Wildman–Crippen LogP) is 8.58. The van der Waals surface area contributed by atoms with Crippen LogP contribution in [0.15, 0.2) is 106 Å². The van der Waals surface area contributed by atoms with E-state index in [0.29, 0.717) is 49.7 Å². The zero-order valence-electron chi connectivity index (χ0n) is 28.4. The van der Waals surface area contributed by atoms with Gasteiger partial charge in [0.2, 0.25) is 0 Å². The molecule has 4 amide bonds. The van der Waals surface area contributed by atoms with E-state index < -0.39 is 18.1 Å². The number of carbonyl (C=O) groups is 4. The quantitative estimate of drug-likeness (QED) is 0.161. The number of aliphatic carboxylic acids is 1. The minimum absolute atomic E-state index is 0. The van der Waals surface area contributed by atoms with Crippen LogP contribution < -0.4 is 19.3 Å². The first-order valence-corrected chi connectivity index (χ1v) is 17.9. The fraction of sp³-hybridized carbons (Fsp3) is 0.282. The lowest BCUT2D eigenvalue weighted by molar-refractivity contribution is -0.142. The van der Waals surface area contributed by atoms with Gasteiger partial charge in [0.1, 0.15) is 17.5 Å². The van der Waals surface area contributed by atoms with Crippen molar-refractivity contribution in [3.63, 3.8) is 0 Å². The molecule has 0 aromatic heterocycles. The van der Waals surface area contributed by atoms with Crippen molar-refractivity contribution in [3.8, 4) is 11.5 Å². The lowest BCUT2D eigenvalue weighted by Gasteiger charge is -2.27. The average molecular weight is 839 g/mol. The van der Waals surface area contributed by atoms with Gasteiger partial charge in [-0.1, -0.05) is 70.5 Å². The highest BCUT2D eigenvalue weighted by Gasteiger charge is 2.40. The van der Waals surface area contributed by atoms with E-state index in [0.717, 1.165) is 25.9 Å². The molecule has 1 N–H and O–H groups in total. The topological polar surface area (TPSA) is 120 Å². The van der Waals surface area contributed by atoms with Gasteiger partial charge in [-0.15, -0.1) is 0 Å². The summed E-state index contributed by atoms with van der Waals surface area (Å²) in [4.78, 5) is 56.7. The predicted molar refractivity (Wildman–Crippen MR) is 208 cm³/mol. The summed E-state index contributed by atoms with van der Waals surface area (Å²) in [5.74, 6) is 0.177. The summed E-state index contributed by atoms with van der Waals surface area (Å²) < 4.78 is 12.3. The minimum atomic E-state index is -1.07. The second-order valence-corrected chi connectivity index (χ2v) is 13.6. The number of ether oxygens (including phenoxy) is 2. The fourth-order valence-corrected chi connectivity index (χ4v) is 6.65. The van der Waals surface area contributed by atoms with E-state index in [9.17, 15) is 24.3 Å². The van der Waals surface area contributed by atoms with Crippen LogP contribution in [-0.4, -0.2) is 79.1 Å². The van der Waals surface area contributed by atoms with Crippen LogP contribution in [0, 0.1) is 0 Å². The summed E-state index contributed by atoms with van der Waals surface area (Å²) in [6.07, 6.45) is 0.365. The van der Waals surface area contributed by atoms with Gasteiger partial charge in [-0.05, 0) is 83.9 Å².